The molecule has 21 heavy (non-hydrogen) atoms. The first kappa shape index (κ1) is 13.4. The number of hydrogen-bond donors (Lipinski definition) is 3. The van der Waals surface area contributed by atoms with E-state index in [0.717, 1.165) is 10.9 Å². The average Bonchev–Trinajstić information content (AvgIpc) is 2.91. The summed E-state index contributed by atoms with van der Waals surface area (Å²) in [5, 5.41) is 10.5. The molecule has 1 aliphatic rings. The lowest BCUT2D eigenvalue weighted by Crippen LogP contribution is -2.46. The number of aromatic amines is 1. The Balaban J connectivity index is 1.82. The van der Waals surface area contributed by atoms with Crippen LogP contribution in [0.1, 0.15) is 23.3 Å². The minimum Gasteiger partial charge on any atom is -0.369 e. The molecule has 1 aromatic heterocycles. The number of carbonyl (C=O) groups is 2. The number of primary amides is 1. The number of H-pyrrole nitrogens is 1. The first-order valence-electron chi connectivity index (χ1n) is 6.85. The monoisotopic (exact) mass is 284 g/mol. The Morgan fingerprint density at radius 3 is 2.81 bits per heavy atom. The van der Waals surface area contributed by atoms with Crippen molar-refractivity contribution < 1.29 is 9.59 Å². The van der Waals surface area contributed by atoms with Crippen molar-refractivity contribution in [3.8, 4) is 0 Å². The van der Waals surface area contributed by atoms with Gasteiger partial charge in [0.1, 0.15) is 0 Å². The summed E-state index contributed by atoms with van der Waals surface area (Å²) in [5.41, 5.74) is 6.54. The number of carbonyl (C=O) groups excluding carboxylic acids is 2. The van der Waals surface area contributed by atoms with Gasteiger partial charge in [-0.3, -0.25) is 14.7 Å². The van der Waals surface area contributed by atoms with Gasteiger partial charge in [-0.15, -0.1) is 0 Å². The van der Waals surface area contributed by atoms with Crippen molar-refractivity contribution in [3.05, 3.63) is 42.1 Å². The van der Waals surface area contributed by atoms with Gasteiger partial charge in [0.15, 0.2) is 5.69 Å². The van der Waals surface area contributed by atoms with Crippen LogP contribution in [0.2, 0.25) is 0 Å². The fourth-order valence-electron chi connectivity index (χ4n) is 2.66. The van der Waals surface area contributed by atoms with E-state index in [4.69, 9.17) is 5.73 Å². The van der Waals surface area contributed by atoms with Gasteiger partial charge in [0, 0.05) is 11.4 Å². The zero-order valence-corrected chi connectivity index (χ0v) is 11.4. The fourth-order valence-corrected chi connectivity index (χ4v) is 2.66. The zero-order chi connectivity index (χ0) is 14.8. The maximum absolute atomic E-state index is 12.4. The van der Waals surface area contributed by atoms with Crippen LogP contribution in [-0.4, -0.2) is 28.1 Å². The minimum absolute atomic E-state index is 0.282. The Morgan fingerprint density at radius 2 is 2.00 bits per heavy atom. The molecule has 6 heteroatoms. The highest BCUT2D eigenvalue weighted by atomic mass is 16.2. The number of nitrogens with one attached hydrogen (secondary N) is 2. The average molecular weight is 284 g/mol. The van der Waals surface area contributed by atoms with Gasteiger partial charge in [-0.2, -0.15) is 5.10 Å². The van der Waals surface area contributed by atoms with E-state index in [2.05, 4.69) is 15.5 Å². The van der Waals surface area contributed by atoms with Gasteiger partial charge >= 0.3 is 0 Å². The predicted molar refractivity (Wildman–Crippen MR) is 78.4 cm³/mol. The molecule has 0 saturated heterocycles. The summed E-state index contributed by atoms with van der Waals surface area (Å²) in [5.74, 6) is -1.06. The van der Waals surface area contributed by atoms with Crippen LogP contribution in [0.4, 0.5) is 0 Å². The number of rotatable bonds is 3. The number of benzene rings is 1. The molecule has 6 nitrogen and oxygen atoms in total. The number of aromatic nitrogens is 2. The number of para-hydroxylation sites is 1. The van der Waals surface area contributed by atoms with Crippen molar-refractivity contribution in [3.63, 3.8) is 0 Å². The van der Waals surface area contributed by atoms with Crippen LogP contribution in [0.5, 0.6) is 0 Å². The molecule has 0 bridgehead atoms. The lowest BCUT2D eigenvalue weighted by atomic mass is 9.88. The van der Waals surface area contributed by atoms with Crippen LogP contribution in [-0.2, 0) is 4.79 Å². The number of fused-ring (bicyclic) bond motifs is 1. The Labute approximate surface area is 121 Å². The highest BCUT2D eigenvalue weighted by molar-refractivity contribution is 6.04. The molecule has 2 aromatic rings. The molecule has 2 atom stereocenters. The predicted octanol–water partition coefficient (Wildman–Crippen LogP) is 1.11. The number of nitrogens with zero attached hydrogens (tertiary/aromatic N) is 1. The van der Waals surface area contributed by atoms with E-state index in [1.165, 1.54) is 0 Å². The van der Waals surface area contributed by atoms with E-state index >= 15 is 0 Å². The Kier molecular flexibility index (Phi) is 3.43. The van der Waals surface area contributed by atoms with Gasteiger partial charge in [0.2, 0.25) is 5.91 Å². The third-order valence-electron chi connectivity index (χ3n) is 3.80. The Hall–Kier alpha value is -2.63. The molecule has 2 amide bonds. The fraction of sp³-hybridized carbons (Fsp3) is 0.267. The van der Waals surface area contributed by atoms with Gasteiger partial charge in [0.25, 0.3) is 5.91 Å². The van der Waals surface area contributed by atoms with Gasteiger partial charge in [-0.25, -0.2) is 0 Å². The molecule has 1 aromatic carbocycles. The molecule has 3 rings (SSSR count). The summed E-state index contributed by atoms with van der Waals surface area (Å²) in [6.07, 6.45) is 5.03. The van der Waals surface area contributed by atoms with Gasteiger partial charge < -0.3 is 11.1 Å². The standard InChI is InChI=1S/C15H16N4O2/c16-14(20)10-6-2-3-7-11(10)17-15(21)13-9-5-1-4-8-12(9)18-19-13/h1-5,8,10-11H,6-7H2,(H2,16,20)(H,17,21)(H,18,19)/t10-,11-/m1/s1. The van der Waals surface area contributed by atoms with Gasteiger partial charge in [-0.1, -0.05) is 30.4 Å². The van der Waals surface area contributed by atoms with E-state index < -0.39 is 5.91 Å². The molecule has 0 saturated carbocycles. The van der Waals surface area contributed by atoms with Crippen molar-refractivity contribution in [1.82, 2.24) is 15.5 Å². The van der Waals surface area contributed by atoms with E-state index in [9.17, 15) is 9.59 Å². The van der Waals surface area contributed by atoms with Crippen LogP contribution in [0.3, 0.4) is 0 Å². The normalized spacial score (nSPS) is 21.3. The quantitative estimate of drug-likeness (QED) is 0.736. The Morgan fingerprint density at radius 1 is 1.24 bits per heavy atom. The molecule has 0 spiro atoms. The minimum atomic E-state index is -0.392. The lowest BCUT2D eigenvalue weighted by molar-refractivity contribution is -0.122. The summed E-state index contributed by atoms with van der Waals surface area (Å²) in [6.45, 7) is 0. The van der Waals surface area contributed by atoms with Crippen LogP contribution in [0.15, 0.2) is 36.4 Å². The number of hydrogen-bond acceptors (Lipinski definition) is 3. The smallest absolute Gasteiger partial charge is 0.272 e. The second-order valence-corrected chi connectivity index (χ2v) is 5.15. The second kappa shape index (κ2) is 5.40. The molecule has 4 N–H and O–H groups in total. The molecule has 1 aliphatic carbocycles. The van der Waals surface area contributed by atoms with E-state index in [0.29, 0.717) is 18.5 Å². The first-order chi connectivity index (χ1) is 10.2. The summed E-state index contributed by atoms with van der Waals surface area (Å²) in [6, 6.07) is 7.13. The summed E-state index contributed by atoms with van der Waals surface area (Å²) in [4.78, 5) is 23.8. The van der Waals surface area contributed by atoms with E-state index in [1.54, 1.807) is 0 Å². The van der Waals surface area contributed by atoms with Crippen LogP contribution in [0, 0.1) is 5.92 Å². The Bertz CT molecular complexity index is 719. The molecular formula is C15H16N4O2. The number of allylic oxidation sites excluding steroid dienone is 1. The van der Waals surface area contributed by atoms with Crippen LogP contribution >= 0.6 is 0 Å². The largest absolute Gasteiger partial charge is 0.369 e. The molecule has 0 aliphatic heterocycles. The lowest BCUT2D eigenvalue weighted by Gasteiger charge is -2.26. The third kappa shape index (κ3) is 2.52. The molecule has 108 valence electrons. The summed E-state index contributed by atoms with van der Waals surface area (Å²) >= 11 is 0. The van der Waals surface area contributed by atoms with Crippen molar-refractivity contribution in [2.24, 2.45) is 11.7 Å². The van der Waals surface area contributed by atoms with Crippen molar-refractivity contribution >= 4 is 22.7 Å². The number of amides is 2. The third-order valence-corrected chi connectivity index (χ3v) is 3.80. The maximum atomic E-state index is 12.4. The molecular weight excluding hydrogens is 268 g/mol. The highest BCUT2D eigenvalue weighted by Crippen LogP contribution is 2.20. The molecule has 0 fully saturated rings. The molecule has 0 radical (unpaired) electrons. The van der Waals surface area contributed by atoms with Crippen molar-refractivity contribution in [2.45, 2.75) is 18.9 Å². The van der Waals surface area contributed by atoms with Crippen molar-refractivity contribution in [1.29, 1.82) is 0 Å². The second-order valence-electron chi connectivity index (χ2n) is 5.15. The SMILES string of the molecule is NC(=O)[C@@H]1CC=CC[C@H]1NC(=O)c1n[nH]c2ccccc12. The van der Waals surface area contributed by atoms with Gasteiger partial charge in [-0.05, 0) is 18.9 Å². The van der Waals surface area contributed by atoms with Crippen molar-refractivity contribution in [2.75, 3.05) is 0 Å². The van der Waals surface area contributed by atoms with Crippen LogP contribution in [0.25, 0.3) is 10.9 Å². The van der Waals surface area contributed by atoms with Crippen LogP contribution < -0.4 is 11.1 Å². The van der Waals surface area contributed by atoms with E-state index in [-0.39, 0.29) is 17.9 Å². The first-order valence-corrected chi connectivity index (χ1v) is 6.85. The zero-order valence-electron chi connectivity index (χ0n) is 11.4. The molecule has 1 heterocycles. The summed E-state index contributed by atoms with van der Waals surface area (Å²) in [7, 11) is 0. The number of nitrogens with two attached hydrogens (primary N) is 1. The maximum Gasteiger partial charge on any atom is 0.272 e. The van der Waals surface area contributed by atoms with E-state index in [1.807, 2.05) is 36.4 Å². The molecule has 0 unspecified atom stereocenters. The highest BCUT2D eigenvalue weighted by Gasteiger charge is 2.29. The summed E-state index contributed by atoms with van der Waals surface area (Å²) < 4.78 is 0. The van der Waals surface area contributed by atoms with Gasteiger partial charge in [0.05, 0.1) is 11.4 Å². The topological polar surface area (TPSA) is 101 Å².